The SMILES string of the molecule is c1ccc(-c2ccc(N(c3ccc4c(c3)-c3ccccc3-c3ccccc3O4)c3ccc4c(c3)-c3ccccc3Oc3ccccc3-4)cc2)cc1. The van der Waals surface area contributed by atoms with Gasteiger partial charge in [0.2, 0.25) is 0 Å². The van der Waals surface area contributed by atoms with Crippen LogP contribution in [-0.4, -0.2) is 0 Å². The summed E-state index contributed by atoms with van der Waals surface area (Å²) < 4.78 is 13.1. The molecule has 0 atom stereocenters. The second-order valence-corrected chi connectivity index (χ2v) is 12.9. The summed E-state index contributed by atoms with van der Waals surface area (Å²) in [5.74, 6) is 3.39. The van der Waals surface area contributed by atoms with Gasteiger partial charge in [-0.05, 0) is 94.0 Å². The lowest BCUT2D eigenvalue weighted by Gasteiger charge is -2.28. The van der Waals surface area contributed by atoms with Gasteiger partial charge in [0, 0.05) is 39.3 Å². The average Bonchev–Trinajstić information content (AvgIpc) is 3.43. The van der Waals surface area contributed by atoms with Gasteiger partial charge >= 0.3 is 0 Å². The molecule has 2 aliphatic heterocycles. The Labute approximate surface area is 297 Å². The standard InChI is InChI=1S/C48H31NO2/c1-2-12-32(13-3-1)33-22-24-34(25-23-33)49(35-26-28-39-41-17-7-10-20-46(41)50-47-21-11-8-18-42(47)43(39)30-35)36-27-29-48-44(31-36)38-15-5-4-14-37(38)40-16-6-9-19-45(40)51-48/h1-31H. The summed E-state index contributed by atoms with van der Waals surface area (Å²) >= 11 is 0. The first-order valence-electron chi connectivity index (χ1n) is 17.3. The molecule has 0 fully saturated rings. The van der Waals surface area contributed by atoms with Gasteiger partial charge in [-0.2, -0.15) is 0 Å². The molecular formula is C48H31NO2. The summed E-state index contributed by atoms with van der Waals surface area (Å²) in [6.45, 7) is 0. The lowest BCUT2D eigenvalue weighted by atomic mass is 9.93. The third-order valence-corrected chi connectivity index (χ3v) is 9.90. The molecule has 0 radical (unpaired) electrons. The molecule has 0 spiro atoms. The lowest BCUT2D eigenvalue weighted by molar-refractivity contribution is 0.487. The van der Waals surface area contributed by atoms with E-state index >= 15 is 0 Å². The van der Waals surface area contributed by atoms with E-state index in [9.17, 15) is 0 Å². The van der Waals surface area contributed by atoms with Gasteiger partial charge in [0.15, 0.2) is 0 Å². The van der Waals surface area contributed by atoms with Crippen molar-refractivity contribution >= 4 is 17.1 Å². The van der Waals surface area contributed by atoms with Crippen molar-refractivity contribution in [1.82, 2.24) is 0 Å². The quantitative estimate of drug-likeness (QED) is 0.189. The highest BCUT2D eigenvalue weighted by molar-refractivity contribution is 5.96. The molecule has 0 aliphatic carbocycles. The van der Waals surface area contributed by atoms with Gasteiger partial charge in [0.1, 0.15) is 23.0 Å². The molecule has 51 heavy (non-hydrogen) atoms. The zero-order chi connectivity index (χ0) is 33.7. The summed E-state index contributed by atoms with van der Waals surface area (Å²) in [5.41, 5.74) is 14.3. The second kappa shape index (κ2) is 11.9. The highest BCUT2D eigenvalue weighted by Crippen LogP contribution is 2.51. The molecule has 0 unspecified atom stereocenters. The van der Waals surface area contributed by atoms with E-state index in [1.807, 2.05) is 30.3 Å². The van der Waals surface area contributed by atoms with Crippen molar-refractivity contribution in [2.24, 2.45) is 0 Å². The topological polar surface area (TPSA) is 21.7 Å². The highest BCUT2D eigenvalue weighted by atomic mass is 16.5. The highest BCUT2D eigenvalue weighted by Gasteiger charge is 2.25. The third-order valence-electron chi connectivity index (χ3n) is 9.90. The first kappa shape index (κ1) is 29.1. The summed E-state index contributed by atoms with van der Waals surface area (Å²) in [4.78, 5) is 2.34. The van der Waals surface area contributed by atoms with Crippen LogP contribution in [-0.2, 0) is 0 Å². The van der Waals surface area contributed by atoms with Crippen molar-refractivity contribution in [2.45, 2.75) is 0 Å². The van der Waals surface area contributed by atoms with Crippen LogP contribution in [0.2, 0.25) is 0 Å². The van der Waals surface area contributed by atoms with Crippen molar-refractivity contribution in [3.63, 3.8) is 0 Å². The molecule has 8 aromatic carbocycles. The molecule has 2 heterocycles. The van der Waals surface area contributed by atoms with E-state index in [0.29, 0.717) is 0 Å². The Morgan fingerprint density at radius 2 is 0.647 bits per heavy atom. The van der Waals surface area contributed by atoms with Crippen LogP contribution in [0.1, 0.15) is 0 Å². The number of hydrogen-bond acceptors (Lipinski definition) is 3. The Hall–Kier alpha value is -6.84. The van der Waals surface area contributed by atoms with E-state index in [1.165, 1.54) is 11.1 Å². The predicted octanol–water partition coefficient (Wildman–Crippen LogP) is 13.7. The first-order valence-corrected chi connectivity index (χ1v) is 17.3. The first-order chi connectivity index (χ1) is 25.3. The Morgan fingerprint density at radius 3 is 1.25 bits per heavy atom. The molecule has 0 bridgehead atoms. The van der Waals surface area contributed by atoms with Crippen LogP contribution in [0.25, 0.3) is 55.6 Å². The number of ether oxygens (including phenoxy) is 2. The molecule has 0 amide bonds. The lowest BCUT2D eigenvalue weighted by Crippen LogP contribution is -2.10. The molecule has 3 heteroatoms. The van der Waals surface area contributed by atoms with Crippen molar-refractivity contribution < 1.29 is 9.47 Å². The van der Waals surface area contributed by atoms with Gasteiger partial charge in [-0.3, -0.25) is 0 Å². The normalized spacial score (nSPS) is 11.8. The zero-order valence-corrected chi connectivity index (χ0v) is 27.7. The minimum absolute atomic E-state index is 0.833. The predicted molar refractivity (Wildman–Crippen MR) is 208 cm³/mol. The fraction of sp³-hybridized carbons (Fsp3) is 0. The maximum absolute atomic E-state index is 6.62. The largest absolute Gasteiger partial charge is 0.456 e. The molecule has 240 valence electrons. The molecule has 0 aromatic heterocycles. The number of fused-ring (bicyclic) bond motifs is 10. The van der Waals surface area contributed by atoms with Crippen LogP contribution in [0, 0.1) is 0 Å². The van der Waals surface area contributed by atoms with E-state index in [4.69, 9.17) is 9.47 Å². The molecule has 0 saturated heterocycles. The number of rotatable bonds is 4. The van der Waals surface area contributed by atoms with E-state index in [2.05, 4.69) is 163 Å². The summed E-state index contributed by atoms with van der Waals surface area (Å²) in [5, 5.41) is 0. The molecule has 2 aliphatic rings. The summed E-state index contributed by atoms with van der Waals surface area (Å²) in [6.07, 6.45) is 0. The Kier molecular flexibility index (Phi) is 6.81. The number of anilines is 3. The van der Waals surface area contributed by atoms with Crippen molar-refractivity contribution in [3.8, 4) is 78.6 Å². The van der Waals surface area contributed by atoms with Gasteiger partial charge in [-0.25, -0.2) is 0 Å². The monoisotopic (exact) mass is 653 g/mol. The van der Waals surface area contributed by atoms with Crippen LogP contribution >= 0.6 is 0 Å². The Balaban J connectivity index is 1.18. The average molecular weight is 654 g/mol. The number of benzene rings is 8. The second-order valence-electron chi connectivity index (χ2n) is 12.9. The smallest absolute Gasteiger partial charge is 0.135 e. The van der Waals surface area contributed by atoms with E-state index in [1.54, 1.807) is 0 Å². The van der Waals surface area contributed by atoms with Crippen LogP contribution < -0.4 is 14.4 Å². The number of hydrogen-bond donors (Lipinski definition) is 0. The van der Waals surface area contributed by atoms with Crippen LogP contribution in [0.3, 0.4) is 0 Å². The van der Waals surface area contributed by atoms with Crippen LogP contribution in [0.4, 0.5) is 17.1 Å². The van der Waals surface area contributed by atoms with E-state index in [-0.39, 0.29) is 0 Å². The van der Waals surface area contributed by atoms with Crippen molar-refractivity contribution in [1.29, 1.82) is 0 Å². The van der Waals surface area contributed by atoms with E-state index in [0.717, 1.165) is 84.6 Å². The van der Waals surface area contributed by atoms with Gasteiger partial charge in [-0.15, -0.1) is 0 Å². The minimum Gasteiger partial charge on any atom is -0.456 e. The molecule has 0 saturated carbocycles. The maximum Gasteiger partial charge on any atom is 0.135 e. The van der Waals surface area contributed by atoms with Gasteiger partial charge in [-0.1, -0.05) is 127 Å². The van der Waals surface area contributed by atoms with E-state index < -0.39 is 0 Å². The zero-order valence-electron chi connectivity index (χ0n) is 27.7. The van der Waals surface area contributed by atoms with Gasteiger partial charge in [0.05, 0.1) is 0 Å². The fourth-order valence-electron chi connectivity index (χ4n) is 7.49. The molecule has 3 nitrogen and oxygen atoms in total. The summed E-state index contributed by atoms with van der Waals surface area (Å²) in [7, 11) is 0. The minimum atomic E-state index is 0.833. The van der Waals surface area contributed by atoms with Gasteiger partial charge in [0.25, 0.3) is 0 Å². The number of nitrogens with zero attached hydrogens (tertiary/aromatic N) is 1. The molecule has 8 aromatic rings. The van der Waals surface area contributed by atoms with Crippen molar-refractivity contribution in [2.75, 3.05) is 4.90 Å². The Bertz CT molecular complexity index is 2590. The third kappa shape index (κ3) is 4.98. The van der Waals surface area contributed by atoms with Gasteiger partial charge < -0.3 is 14.4 Å². The maximum atomic E-state index is 6.62. The fourth-order valence-corrected chi connectivity index (χ4v) is 7.49. The van der Waals surface area contributed by atoms with Crippen molar-refractivity contribution in [3.05, 3.63) is 188 Å². The number of para-hydroxylation sites is 3. The summed E-state index contributed by atoms with van der Waals surface area (Å²) in [6, 6.07) is 66.1. The van der Waals surface area contributed by atoms with Crippen LogP contribution in [0.15, 0.2) is 188 Å². The molecular weight excluding hydrogens is 623 g/mol. The Morgan fingerprint density at radius 1 is 0.255 bits per heavy atom. The molecule has 10 rings (SSSR count). The molecule has 0 N–H and O–H groups in total. The van der Waals surface area contributed by atoms with Crippen LogP contribution in [0.5, 0.6) is 23.0 Å².